The van der Waals surface area contributed by atoms with Crippen molar-refractivity contribution in [3.8, 4) is 0 Å². The second-order valence-electron chi connectivity index (χ2n) is 9.27. The number of amides is 1. The minimum atomic E-state index is -0.525. The van der Waals surface area contributed by atoms with E-state index < -0.39 is 17.6 Å². The van der Waals surface area contributed by atoms with Gasteiger partial charge in [-0.2, -0.15) is 0 Å². The van der Waals surface area contributed by atoms with Gasteiger partial charge in [0.05, 0.1) is 5.69 Å². The van der Waals surface area contributed by atoms with Crippen molar-refractivity contribution in [1.29, 1.82) is 0 Å². The van der Waals surface area contributed by atoms with E-state index in [1.807, 2.05) is 56.3 Å². The van der Waals surface area contributed by atoms with Crippen LogP contribution in [0.4, 0.5) is 10.1 Å². The van der Waals surface area contributed by atoms with Gasteiger partial charge < -0.3 is 10.6 Å². The molecule has 1 aliphatic heterocycles. The van der Waals surface area contributed by atoms with Gasteiger partial charge in [-0.05, 0) is 49.4 Å². The Balaban J connectivity index is 1.57. The second-order valence-corrected chi connectivity index (χ2v) is 9.27. The summed E-state index contributed by atoms with van der Waals surface area (Å²) >= 11 is 0. The molecule has 5 rings (SSSR count). The van der Waals surface area contributed by atoms with E-state index in [-0.39, 0.29) is 17.4 Å². The van der Waals surface area contributed by atoms with Gasteiger partial charge in [-0.15, -0.1) is 0 Å². The molecule has 3 aromatic rings. The first-order valence-corrected chi connectivity index (χ1v) is 11.8. The van der Waals surface area contributed by atoms with E-state index in [0.29, 0.717) is 29.7 Å². The molecule has 0 fully saturated rings. The van der Waals surface area contributed by atoms with Gasteiger partial charge >= 0.3 is 0 Å². The molecule has 0 saturated carbocycles. The predicted molar refractivity (Wildman–Crippen MR) is 135 cm³/mol. The van der Waals surface area contributed by atoms with Crippen LogP contribution in [0.3, 0.4) is 0 Å². The summed E-state index contributed by atoms with van der Waals surface area (Å²) in [7, 11) is 0. The largest absolute Gasteiger partial charge is 0.362 e. The van der Waals surface area contributed by atoms with Crippen LogP contribution >= 0.6 is 0 Å². The standard InChI is InChI=1S/C30H27FN2O2/c1-18-12-14-21(15-13-18)28-27(30(35)33-24-11-7-6-10-23(24)31)19(2)32-25-16-22(17-26(34)29(25)28)20-8-4-3-5-9-20/h3-15,22,28,32H,16-17H2,1-2H3,(H,33,35)/t22-,28+/m0/s1. The van der Waals surface area contributed by atoms with Crippen LogP contribution in [0.5, 0.6) is 0 Å². The minimum absolute atomic E-state index is 0.0295. The first-order valence-electron chi connectivity index (χ1n) is 11.8. The molecule has 1 amide bonds. The highest BCUT2D eigenvalue weighted by Gasteiger charge is 2.40. The maximum absolute atomic E-state index is 14.3. The summed E-state index contributed by atoms with van der Waals surface area (Å²) in [5.74, 6) is -1.34. The van der Waals surface area contributed by atoms with Gasteiger partial charge in [-0.1, -0.05) is 72.3 Å². The molecule has 35 heavy (non-hydrogen) atoms. The van der Waals surface area contributed by atoms with Crippen LogP contribution in [-0.2, 0) is 9.59 Å². The Morgan fingerprint density at radius 3 is 2.29 bits per heavy atom. The monoisotopic (exact) mass is 466 g/mol. The van der Waals surface area contributed by atoms with Crippen molar-refractivity contribution in [1.82, 2.24) is 5.32 Å². The number of nitrogens with one attached hydrogen (secondary N) is 2. The number of hydrogen-bond donors (Lipinski definition) is 2. The fraction of sp³-hybridized carbons (Fsp3) is 0.200. The molecule has 2 atom stereocenters. The van der Waals surface area contributed by atoms with Crippen LogP contribution in [0.1, 0.15) is 48.3 Å². The van der Waals surface area contributed by atoms with Gasteiger partial charge in [0.25, 0.3) is 5.91 Å². The van der Waals surface area contributed by atoms with Crippen molar-refractivity contribution < 1.29 is 14.0 Å². The van der Waals surface area contributed by atoms with Gasteiger partial charge in [0.2, 0.25) is 0 Å². The number of carbonyl (C=O) groups is 2. The fourth-order valence-corrected chi connectivity index (χ4v) is 5.15. The molecule has 1 heterocycles. The van der Waals surface area contributed by atoms with E-state index in [4.69, 9.17) is 0 Å². The number of anilines is 1. The molecule has 1 aliphatic carbocycles. The van der Waals surface area contributed by atoms with Crippen LogP contribution < -0.4 is 10.6 Å². The summed E-state index contributed by atoms with van der Waals surface area (Å²) in [5.41, 5.74) is 5.80. The molecule has 2 aliphatic rings. The number of Topliss-reactive ketones (excluding diaryl/α,β-unsaturated/α-hetero) is 1. The Hall–Kier alpha value is -3.99. The summed E-state index contributed by atoms with van der Waals surface area (Å²) in [6.45, 7) is 3.85. The van der Waals surface area contributed by atoms with Gasteiger partial charge in [-0.25, -0.2) is 4.39 Å². The summed E-state index contributed by atoms with van der Waals surface area (Å²) in [6.07, 6.45) is 1.07. The Morgan fingerprint density at radius 1 is 0.886 bits per heavy atom. The summed E-state index contributed by atoms with van der Waals surface area (Å²) in [5, 5.41) is 6.10. The number of dihydropyridines is 1. The number of carbonyl (C=O) groups excluding carboxylic acids is 2. The molecule has 0 unspecified atom stereocenters. The summed E-state index contributed by atoms with van der Waals surface area (Å²) in [4.78, 5) is 27.2. The van der Waals surface area contributed by atoms with Crippen LogP contribution in [-0.4, -0.2) is 11.7 Å². The van der Waals surface area contributed by atoms with Crippen molar-refractivity contribution in [3.63, 3.8) is 0 Å². The van der Waals surface area contributed by atoms with E-state index in [2.05, 4.69) is 22.8 Å². The maximum atomic E-state index is 14.3. The highest BCUT2D eigenvalue weighted by molar-refractivity contribution is 6.10. The zero-order valence-corrected chi connectivity index (χ0v) is 19.8. The number of halogens is 1. The first-order chi connectivity index (χ1) is 16.9. The molecule has 3 aromatic carbocycles. The molecular weight excluding hydrogens is 439 g/mol. The van der Waals surface area contributed by atoms with Gasteiger partial charge in [0.1, 0.15) is 5.82 Å². The zero-order valence-electron chi connectivity index (χ0n) is 19.8. The normalized spacial score (nSPS) is 19.8. The highest BCUT2D eigenvalue weighted by atomic mass is 19.1. The molecule has 0 aromatic heterocycles. The number of benzene rings is 3. The second kappa shape index (κ2) is 9.34. The van der Waals surface area contributed by atoms with Crippen LogP contribution in [0.2, 0.25) is 0 Å². The average molecular weight is 467 g/mol. The van der Waals surface area contributed by atoms with Crippen molar-refractivity contribution in [3.05, 3.63) is 124 Å². The highest BCUT2D eigenvalue weighted by Crippen LogP contribution is 2.45. The van der Waals surface area contributed by atoms with Crippen LogP contribution in [0, 0.1) is 12.7 Å². The Kier molecular flexibility index (Phi) is 6.08. The fourth-order valence-electron chi connectivity index (χ4n) is 5.15. The molecule has 0 bridgehead atoms. The van der Waals surface area contributed by atoms with E-state index in [9.17, 15) is 14.0 Å². The van der Waals surface area contributed by atoms with Crippen molar-refractivity contribution >= 4 is 17.4 Å². The van der Waals surface area contributed by atoms with Gasteiger partial charge in [-0.3, -0.25) is 9.59 Å². The quantitative estimate of drug-likeness (QED) is 0.486. The lowest BCUT2D eigenvalue weighted by Crippen LogP contribution is -2.37. The molecule has 176 valence electrons. The molecule has 4 nitrogen and oxygen atoms in total. The van der Waals surface area contributed by atoms with Crippen molar-refractivity contribution in [2.24, 2.45) is 0 Å². The molecule has 5 heteroatoms. The predicted octanol–water partition coefficient (Wildman–Crippen LogP) is 6.13. The molecule has 0 radical (unpaired) electrons. The number of rotatable bonds is 4. The SMILES string of the molecule is CC1=C(C(=O)Nc2ccccc2F)[C@@H](c2ccc(C)cc2)C2=C(C[C@H](c3ccccc3)CC2=O)N1. The third kappa shape index (κ3) is 4.42. The van der Waals surface area contributed by atoms with Crippen LogP contribution in [0.25, 0.3) is 0 Å². The van der Waals surface area contributed by atoms with E-state index in [1.165, 1.54) is 12.1 Å². The third-order valence-corrected chi connectivity index (χ3v) is 6.88. The third-order valence-electron chi connectivity index (χ3n) is 6.88. The smallest absolute Gasteiger partial charge is 0.254 e. The van der Waals surface area contributed by atoms with Gasteiger partial charge in [0, 0.05) is 34.9 Å². The van der Waals surface area contributed by atoms with Crippen molar-refractivity contribution in [2.75, 3.05) is 5.32 Å². The number of hydrogen-bond acceptors (Lipinski definition) is 3. The van der Waals surface area contributed by atoms with Gasteiger partial charge in [0.15, 0.2) is 5.78 Å². The number of allylic oxidation sites excluding steroid dienone is 3. The molecule has 0 saturated heterocycles. The maximum Gasteiger partial charge on any atom is 0.254 e. The Labute approximate surface area is 204 Å². The first kappa shape index (κ1) is 22.8. The number of ketones is 1. The van der Waals surface area contributed by atoms with Crippen molar-refractivity contribution in [2.45, 2.75) is 38.5 Å². The van der Waals surface area contributed by atoms with E-state index >= 15 is 0 Å². The zero-order chi connectivity index (χ0) is 24.5. The average Bonchev–Trinajstić information content (AvgIpc) is 2.85. The molecule has 0 spiro atoms. The summed E-state index contributed by atoms with van der Waals surface area (Å²) < 4.78 is 14.3. The number of aryl methyl sites for hydroxylation is 1. The topological polar surface area (TPSA) is 58.2 Å². The van der Waals surface area contributed by atoms with E-state index in [1.54, 1.807) is 12.1 Å². The molecular formula is C30H27FN2O2. The molecule has 2 N–H and O–H groups in total. The lowest BCUT2D eigenvalue weighted by atomic mass is 9.71. The Morgan fingerprint density at radius 2 is 1.57 bits per heavy atom. The lowest BCUT2D eigenvalue weighted by Gasteiger charge is -2.37. The van der Waals surface area contributed by atoms with Crippen LogP contribution in [0.15, 0.2) is 101 Å². The number of para-hydroxylation sites is 1. The summed E-state index contributed by atoms with van der Waals surface area (Å²) in [6, 6.07) is 24.1. The minimum Gasteiger partial charge on any atom is -0.362 e. The Bertz CT molecular complexity index is 1360. The van der Waals surface area contributed by atoms with E-state index in [0.717, 1.165) is 22.4 Å². The lowest BCUT2D eigenvalue weighted by molar-refractivity contribution is -0.116.